The molecule has 1 aromatic rings. The standard InChI is InChI=1S/C11H13ClN2/c1-8(7-13)14-9(2)10-3-5-11(12)6-4-10/h3-6,8-9,14H,1-2H3/t8?,9-/m0/s1. The molecule has 0 aliphatic carbocycles. The summed E-state index contributed by atoms with van der Waals surface area (Å²) in [4.78, 5) is 0. The van der Waals surface area contributed by atoms with Crippen LogP contribution in [-0.2, 0) is 0 Å². The van der Waals surface area contributed by atoms with Gasteiger partial charge in [-0.05, 0) is 31.5 Å². The van der Waals surface area contributed by atoms with Gasteiger partial charge in [-0.15, -0.1) is 0 Å². The molecule has 0 heterocycles. The molecular weight excluding hydrogens is 196 g/mol. The molecule has 0 aliphatic rings. The van der Waals surface area contributed by atoms with Crippen molar-refractivity contribution in [2.75, 3.05) is 0 Å². The summed E-state index contributed by atoms with van der Waals surface area (Å²) in [5, 5.41) is 12.5. The highest BCUT2D eigenvalue weighted by Crippen LogP contribution is 2.16. The molecule has 0 spiro atoms. The third-order valence-corrected chi connectivity index (χ3v) is 2.32. The molecule has 1 rings (SSSR count). The zero-order chi connectivity index (χ0) is 10.6. The highest BCUT2D eigenvalue weighted by molar-refractivity contribution is 6.30. The van der Waals surface area contributed by atoms with Crippen LogP contribution in [0.3, 0.4) is 0 Å². The smallest absolute Gasteiger partial charge is 0.0929 e. The van der Waals surface area contributed by atoms with Crippen molar-refractivity contribution < 1.29 is 0 Å². The molecule has 0 radical (unpaired) electrons. The maximum absolute atomic E-state index is 8.64. The normalized spacial score (nSPS) is 14.4. The Bertz CT molecular complexity index is 326. The van der Waals surface area contributed by atoms with E-state index in [2.05, 4.69) is 11.4 Å². The summed E-state index contributed by atoms with van der Waals surface area (Å²) in [6.07, 6.45) is 0. The van der Waals surface area contributed by atoms with Gasteiger partial charge in [-0.25, -0.2) is 0 Å². The summed E-state index contributed by atoms with van der Waals surface area (Å²) in [5.41, 5.74) is 1.14. The molecule has 0 bridgehead atoms. The van der Waals surface area contributed by atoms with E-state index in [0.717, 1.165) is 10.6 Å². The molecule has 1 unspecified atom stereocenters. The van der Waals surface area contributed by atoms with E-state index in [4.69, 9.17) is 16.9 Å². The number of halogens is 1. The van der Waals surface area contributed by atoms with Crippen LogP contribution in [0.15, 0.2) is 24.3 Å². The van der Waals surface area contributed by atoms with Crippen molar-refractivity contribution in [3.05, 3.63) is 34.9 Å². The first-order valence-electron chi connectivity index (χ1n) is 4.54. The Labute approximate surface area is 89.5 Å². The van der Waals surface area contributed by atoms with Crippen LogP contribution in [-0.4, -0.2) is 6.04 Å². The number of nitrogens with zero attached hydrogens (tertiary/aromatic N) is 1. The summed E-state index contributed by atoms with van der Waals surface area (Å²) >= 11 is 5.78. The molecule has 74 valence electrons. The Balaban J connectivity index is 2.66. The van der Waals surface area contributed by atoms with Gasteiger partial charge in [0.05, 0.1) is 12.1 Å². The molecule has 2 nitrogen and oxygen atoms in total. The van der Waals surface area contributed by atoms with Gasteiger partial charge in [0.1, 0.15) is 0 Å². The van der Waals surface area contributed by atoms with E-state index in [1.54, 1.807) is 0 Å². The molecule has 0 fully saturated rings. The molecule has 1 N–H and O–H groups in total. The van der Waals surface area contributed by atoms with Crippen molar-refractivity contribution >= 4 is 11.6 Å². The Kier molecular flexibility index (Phi) is 3.94. The number of nitriles is 1. The lowest BCUT2D eigenvalue weighted by molar-refractivity contribution is 0.543. The molecule has 0 aromatic heterocycles. The topological polar surface area (TPSA) is 35.8 Å². The van der Waals surface area contributed by atoms with Crippen LogP contribution in [0.2, 0.25) is 5.02 Å². The maximum Gasteiger partial charge on any atom is 0.0929 e. The highest BCUT2D eigenvalue weighted by Gasteiger charge is 2.07. The number of hydrogen-bond donors (Lipinski definition) is 1. The van der Waals surface area contributed by atoms with Crippen LogP contribution in [0.4, 0.5) is 0 Å². The van der Waals surface area contributed by atoms with Crippen molar-refractivity contribution in [2.45, 2.75) is 25.9 Å². The maximum atomic E-state index is 8.64. The third kappa shape index (κ3) is 3.02. The van der Waals surface area contributed by atoms with Gasteiger partial charge in [-0.1, -0.05) is 23.7 Å². The van der Waals surface area contributed by atoms with Crippen LogP contribution in [0.1, 0.15) is 25.5 Å². The van der Waals surface area contributed by atoms with E-state index in [1.807, 2.05) is 38.1 Å². The van der Waals surface area contributed by atoms with Gasteiger partial charge < -0.3 is 0 Å². The molecular formula is C11H13ClN2. The number of benzene rings is 1. The van der Waals surface area contributed by atoms with E-state index in [0.29, 0.717) is 0 Å². The first-order chi connectivity index (χ1) is 6.63. The minimum Gasteiger partial charge on any atom is -0.296 e. The van der Waals surface area contributed by atoms with Gasteiger partial charge in [0.2, 0.25) is 0 Å². The summed E-state index contributed by atoms with van der Waals surface area (Å²) in [6.45, 7) is 3.86. The van der Waals surface area contributed by atoms with Crippen LogP contribution in [0.5, 0.6) is 0 Å². The Morgan fingerprint density at radius 3 is 2.36 bits per heavy atom. The molecule has 14 heavy (non-hydrogen) atoms. The Morgan fingerprint density at radius 1 is 1.29 bits per heavy atom. The first-order valence-corrected chi connectivity index (χ1v) is 4.92. The Hall–Kier alpha value is -1.04. The lowest BCUT2D eigenvalue weighted by atomic mass is 10.1. The minimum absolute atomic E-state index is 0.138. The quantitative estimate of drug-likeness (QED) is 0.829. The van der Waals surface area contributed by atoms with E-state index in [1.165, 1.54) is 0 Å². The lowest BCUT2D eigenvalue weighted by Crippen LogP contribution is -2.27. The van der Waals surface area contributed by atoms with Crippen LogP contribution in [0, 0.1) is 11.3 Å². The summed E-state index contributed by atoms with van der Waals surface area (Å²) in [5.74, 6) is 0. The number of nitrogens with one attached hydrogen (secondary N) is 1. The summed E-state index contributed by atoms with van der Waals surface area (Å²) in [6, 6.07) is 9.80. The predicted molar refractivity (Wildman–Crippen MR) is 58.1 cm³/mol. The van der Waals surface area contributed by atoms with Crippen molar-refractivity contribution in [3.8, 4) is 6.07 Å². The minimum atomic E-state index is -0.138. The van der Waals surface area contributed by atoms with E-state index < -0.39 is 0 Å². The van der Waals surface area contributed by atoms with Gasteiger partial charge in [0.25, 0.3) is 0 Å². The SMILES string of the molecule is CC(C#N)N[C@@H](C)c1ccc(Cl)cc1. The second-order valence-electron chi connectivity index (χ2n) is 3.29. The second kappa shape index (κ2) is 4.99. The fourth-order valence-electron chi connectivity index (χ4n) is 1.26. The third-order valence-electron chi connectivity index (χ3n) is 2.06. The number of rotatable bonds is 3. The zero-order valence-electron chi connectivity index (χ0n) is 8.29. The van der Waals surface area contributed by atoms with Gasteiger partial charge in [-0.2, -0.15) is 5.26 Å². The van der Waals surface area contributed by atoms with Crippen LogP contribution >= 0.6 is 11.6 Å². The average Bonchev–Trinajstić information content (AvgIpc) is 2.18. The van der Waals surface area contributed by atoms with Crippen molar-refractivity contribution in [1.29, 1.82) is 5.26 Å². The first kappa shape index (κ1) is 11.0. The van der Waals surface area contributed by atoms with Crippen molar-refractivity contribution in [3.63, 3.8) is 0 Å². The summed E-state index contributed by atoms with van der Waals surface area (Å²) in [7, 11) is 0. The second-order valence-corrected chi connectivity index (χ2v) is 3.73. The van der Waals surface area contributed by atoms with Crippen molar-refractivity contribution in [1.82, 2.24) is 5.32 Å². The average molecular weight is 209 g/mol. The Morgan fingerprint density at radius 2 is 1.86 bits per heavy atom. The fourth-order valence-corrected chi connectivity index (χ4v) is 1.39. The largest absolute Gasteiger partial charge is 0.296 e. The molecule has 1 aromatic carbocycles. The monoisotopic (exact) mass is 208 g/mol. The fraction of sp³-hybridized carbons (Fsp3) is 0.364. The van der Waals surface area contributed by atoms with Crippen molar-refractivity contribution in [2.24, 2.45) is 0 Å². The zero-order valence-corrected chi connectivity index (χ0v) is 9.05. The molecule has 3 heteroatoms. The van der Waals surface area contributed by atoms with E-state index >= 15 is 0 Å². The molecule has 0 amide bonds. The summed E-state index contributed by atoms with van der Waals surface area (Å²) < 4.78 is 0. The van der Waals surface area contributed by atoms with E-state index in [9.17, 15) is 0 Å². The number of hydrogen-bond acceptors (Lipinski definition) is 2. The molecule has 0 saturated heterocycles. The van der Waals surface area contributed by atoms with Gasteiger partial charge in [-0.3, -0.25) is 5.32 Å². The van der Waals surface area contributed by atoms with Crippen LogP contribution < -0.4 is 5.32 Å². The molecule has 0 saturated carbocycles. The van der Waals surface area contributed by atoms with Gasteiger partial charge in [0.15, 0.2) is 0 Å². The predicted octanol–water partition coefficient (Wildman–Crippen LogP) is 2.90. The van der Waals surface area contributed by atoms with Crippen LogP contribution in [0.25, 0.3) is 0 Å². The van der Waals surface area contributed by atoms with E-state index in [-0.39, 0.29) is 12.1 Å². The molecule has 2 atom stereocenters. The highest BCUT2D eigenvalue weighted by atomic mass is 35.5. The van der Waals surface area contributed by atoms with Gasteiger partial charge in [0, 0.05) is 11.1 Å². The van der Waals surface area contributed by atoms with Gasteiger partial charge >= 0.3 is 0 Å². The molecule has 0 aliphatic heterocycles. The lowest BCUT2D eigenvalue weighted by Gasteiger charge is -2.15.